The number of aryl methyl sites for hydroxylation is 1. The largest absolute Gasteiger partial charge is 0.481 e. The summed E-state index contributed by atoms with van der Waals surface area (Å²) in [5.74, 6) is 1.22. The molecule has 1 saturated heterocycles. The summed E-state index contributed by atoms with van der Waals surface area (Å²) in [4.78, 5) is 30.6. The van der Waals surface area contributed by atoms with Crippen LogP contribution in [0.2, 0.25) is 0 Å². The van der Waals surface area contributed by atoms with Gasteiger partial charge in [-0.3, -0.25) is 9.59 Å². The molecule has 1 aliphatic heterocycles. The lowest BCUT2D eigenvalue weighted by Gasteiger charge is -2.32. The van der Waals surface area contributed by atoms with Crippen LogP contribution >= 0.6 is 0 Å². The van der Waals surface area contributed by atoms with E-state index in [9.17, 15) is 9.59 Å². The number of primary amides is 1. The third-order valence-electron chi connectivity index (χ3n) is 5.72. The summed E-state index contributed by atoms with van der Waals surface area (Å²) in [6.07, 6.45) is 2.69. The number of nitrogens with zero attached hydrogens (tertiary/aromatic N) is 2. The monoisotopic (exact) mass is 424 g/mol. The molecule has 3 N–H and O–H groups in total. The van der Waals surface area contributed by atoms with Crippen molar-refractivity contribution in [3.05, 3.63) is 47.7 Å². The molecule has 0 saturated carbocycles. The Hall–Kier alpha value is -3.09. The molecule has 1 aromatic carbocycles. The fourth-order valence-corrected chi connectivity index (χ4v) is 3.66. The van der Waals surface area contributed by atoms with E-state index in [4.69, 9.17) is 10.5 Å². The standard InChI is InChI=1S/C24H32N4O3/c1-15(2)18-8-7-16(3)21(12-18)31-17(4)24(30)27-20-9-10-22(26-13-20)28-11-5-6-19(14-28)23(25)29/h7-10,12-13,15,17,19H,5-6,11,14H2,1-4H3,(H2,25,29)(H,27,30). The van der Waals surface area contributed by atoms with Gasteiger partial charge in [-0.05, 0) is 61.9 Å². The van der Waals surface area contributed by atoms with Crippen molar-refractivity contribution in [2.24, 2.45) is 11.7 Å². The van der Waals surface area contributed by atoms with Crippen LogP contribution in [0.5, 0.6) is 5.75 Å². The van der Waals surface area contributed by atoms with E-state index in [0.29, 0.717) is 18.2 Å². The van der Waals surface area contributed by atoms with Crippen LogP contribution in [0.1, 0.15) is 50.7 Å². The summed E-state index contributed by atoms with van der Waals surface area (Å²) in [6.45, 7) is 9.36. The molecule has 0 bridgehead atoms. The van der Waals surface area contributed by atoms with Gasteiger partial charge in [0.1, 0.15) is 11.6 Å². The maximum absolute atomic E-state index is 12.6. The summed E-state index contributed by atoms with van der Waals surface area (Å²) < 4.78 is 5.94. The fraction of sp³-hybridized carbons (Fsp3) is 0.458. The molecule has 0 spiro atoms. The summed E-state index contributed by atoms with van der Waals surface area (Å²) in [6, 6.07) is 9.75. The Morgan fingerprint density at radius 1 is 1.23 bits per heavy atom. The summed E-state index contributed by atoms with van der Waals surface area (Å²) >= 11 is 0. The van der Waals surface area contributed by atoms with Gasteiger partial charge in [0.15, 0.2) is 6.10 Å². The number of hydrogen-bond acceptors (Lipinski definition) is 5. The van der Waals surface area contributed by atoms with Gasteiger partial charge < -0.3 is 20.7 Å². The Bertz CT molecular complexity index is 927. The van der Waals surface area contributed by atoms with E-state index in [1.54, 1.807) is 13.1 Å². The minimum Gasteiger partial charge on any atom is -0.481 e. The Morgan fingerprint density at radius 2 is 2.00 bits per heavy atom. The third kappa shape index (κ3) is 5.75. The average molecular weight is 425 g/mol. The molecule has 1 fully saturated rings. The first-order valence-electron chi connectivity index (χ1n) is 10.8. The van der Waals surface area contributed by atoms with E-state index in [1.165, 1.54) is 5.56 Å². The van der Waals surface area contributed by atoms with E-state index in [1.807, 2.05) is 31.2 Å². The van der Waals surface area contributed by atoms with Crippen LogP contribution in [0, 0.1) is 12.8 Å². The second-order valence-electron chi connectivity index (χ2n) is 8.52. The zero-order valence-electron chi connectivity index (χ0n) is 18.7. The molecule has 7 nitrogen and oxygen atoms in total. The predicted octanol–water partition coefficient (Wildman–Crippen LogP) is 3.62. The minimum absolute atomic E-state index is 0.148. The van der Waals surface area contributed by atoms with Crippen LogP contribution in [0.4, 0.5) is 11.5 Å². The maximum Gasteiger partial charge on any atom is 0.265 e. The number of nitrogens with one attached hydrogen (secondary N) is 1. The molecule has 166 valence electrons. The van der Waals surface area contributed by atoms with Gasteiger partial charge in [-0.2, -0.15) is 0 Å². The highest BCUT2D eigenvalue weighted by Gasteiger charge is 2.25. The van der Waals surface area contributed by atoms with E-state index in [2.05, 4.69) is 35.1 Å². The Labute approximate surface area is 184 Å². The number of rotatable bonds is 7. The number of piperidine rings is 1. The molecular formula is C24H32N4O3. The minimum atomic E-state index is -0.654. The first-order valence-corrected chi connectivity index (χ1v) is 10.8. The number of pyridine rings is 1. The quantitative estimate of drug-likeness (QED) is 0.707. The second-order valence-corrected chi connectivity index (χ2v) is 8.52. The molecule has 31 heavy (non-hydrogen) atoms. The SMILES string of the molecule is Cc1ccc(C(C)C)cc1OC(C)C(=O)Nc1ccc(N2CCCC(C(N)=O)C2)nc1. The van der Waals surface area contributed by atoms with Gasteiger partial charge in [0.05, 0.1) is 17.8 Å². The molecule has 2 unspecified atom stereocenters. The van der Waals surface area contributed by atoms with Gasteiger partial charge >= 0.3 is 0 Å². The maximum atomic E-state index is 12.6. The lowest BCUT2D eigenvalue weighted by atomic mass is 9.97. The number of aromatic nitrogens is 1. The van der Waals surface area contributed by atoms with Crippen LogP contribution in [0.3, 0.4) is 0 Å². The number of benzene rings is 1. The number of anilines is 2. The summed E-state index contributed by atoms with van der Waals surface area (Å²) in [7, 11) is 0. The van der Waals surface area contributed by atoms with Gasteiger partial charge in [-0.1, -0.05) is 26.0 Å². The second kappa shape index (κ2) is 9.81. The number of amides is 2. The summed E-state index contributed by atoms with van der Waals surface area (Å²) in [5.41, 5.74) is 8.22. The summed E-state index contributed by atoms with van der Waals surface area (Å²) in [5, 5.41) is 2.86. The molecule has 2 atom stereocenters. The van der Waals surface area contributed by atoms with E-state index >= 15 is 0 Å². The number of ether oxygens (including phenoxy) is 1. The van der Waals surface area contributed by atoms with Gasteiger partial charge in [0.2, 0.25) is 5.91 Å². The van der Waals surface area contributed by atoms with Crippen molar-refractivity contribution in [2.45, 2.75) is 52.6 Å². The van der Waals surface area contributed by atoms with Crippen LogP contribution in [0.15, 0.2) is 36.5 Å². The average Bonchev–Trinajstić information content (AvgIpc) is 2.75. The van der Waals surface area contributed by atoms with Crippen molar-refractivity contribution >= 4 is 23.3 Å². The molecule has 2 amide bonds. The van der Waals surface area contributed by atoms with Crippen molar-refractivity contribution in [3.63, 3.8) is 0 Å². The van der Waals surface area contributed by atoms with E-state index in [-0.39, 0.29) is 17.7 Å². The number of carbonyl (C=O) groups excluding carboxylic acids is 2. The van der Waals surface area contributed by atoms with E-state index < -0.39 is 6.10 Å². The first-order chi connectivity index (χ1) is 14.7. The molecule has 1 aromatic heterocycles. The highest BCUT2D eigenvalue weighted by Crippen LogP contribution is 2.26. The van der Waals surface area contributed by atoms with Crippen LogP contribution in [0.25, 0.3) is 0 Å². The molecular weight excluding hydrogens is 392 g/mol. The normalized spacial score (nSPS) is 17.3. The number of nitrogens with two attached hydrogens (primary N) is 1. The topological polar surface area (TPSA) is 97.5 Å². The number of carbonyl (C=O) groups is 2. The van der Waals surface area contributed by atoms with Gasteiger partial charge in [-0.15, -0.1) is 0 Å². The Balaban J connectivity index is 1.60. The molecule has 3 rings (SSSR count). The third-order valence-corrected chi connectivity index (χ3v) is 5.72. The number of hydrogen-bond donors (Lipinski definition) is 2. The highest BCUT2D eigenvalue weighted by atomic mass is 16.5. The van der Waals surface area contributed by atoms with Crippen molar-refractivity contribution in [3.8, 4) is 5.75 Å². The molecule has 2 heterocycles. The van der Waals surface area contributed by atoms with E-state index in [0.717, 1.165) is 36.5 Å². The van der Waals surface area contributed by atoms with Crippen LogP contribution in [-0.4, -0.2) is 36.0 Å². The smallest absolute Gasteiger partial charge is 0.265 e. The predicted molar refractivity (Wildman–Crippen MR) is 122 cm³/mol. The molecule has 1 aliphatic rings. The van der Waals surface area contributed by atoms with Crippen molar-refractivity contribution in [1.82, 2.24) is 4.98 Å². The molecule has 0 radical (unpaired) electrons. The Morgan fingerprint density at radius 3 is 2.65 bits per heavy atom. The molecule has 0 aliphatic carbocycles. The van der Waals surface area contributed by atoms with Crippen molar-refractivity contribution in [1.29, 1.82) is 0 Å². The van der Waals surface area contributed by atoms with Crippen molar-refractivity contribution in [2.75, 3.05) is 23.3 Å². The van der Waals surface area contributed by atoms with Gasteiger partial charge in [0, 0.05) is 13.1 Å². The fourth-order valence-electron chi connectivity index (χ4n) is 3.66. The van der Waals surface area contributed by atoms with Crippen molar-refractivity contribution < 1.29 is 14.3 Å². The lowest BCUT2D eigenvalue weighted by Crippen LogP contribution is -2.41. The van der Waals surface area contributed by atoms with Crippen LogP contribution < -0.4 is 20.7 Å². The first kappa shape index (κ1) is 22.6. The zero-order valence-corrected chi connectivity index (χ0v) is 18.7. The highest BCUT2D eigenvalue weighted by molar-refractivity contribution is 5.94. The van der Waals surface area contributed by atoms with Gasteiger partial charge in [-0.25, -0.2) is 4.98 Å². The van der Waals surface area contributed by atoms with Gasteiger partial charge in [0.25, 0.3) is 5.91 Å². The lowest BCUT2D eigenvalue weighted by molar-refractivity contribution is -0.122. The Kier molecular flexibility index (Phi) is 7.15. The zero-order chi connectivity index (χ0) is 22.5. The van der Waals surface area contributed by atoms with Crippen LogP contribution in [-0.2, 0) is 9.59 Å². The molecule has 7 heteroatoms. The molecule has 2 aromatic rings.